The number of anilines is 1. The molecule has 1 N–H and O–H groups in total. The molecule has 6 nitrogen and oxygen atoms in total. The van der Waals surface area contributed by atoms with Crippen LogP contribution in [0.3, 0.4) is 0 Å². The van der Waals surface area contributed by atoms with Gasteiger partial charge in [-0.25, -0.2) is 0 Å². The zero-order valence-electron chi connectivity index (χ0n) is 14.6. The number of nitrogens with zero attached hydrogens (tertiary/aromatic N) is 2. The molecule has 0 spiro atoms. The van der Waals surface area contributed by atoms with Crippen molar-refractivity contribution >= 4 is 17.5 Å². The van der Waals surface area contributed by atoms with Crippen LogP contribution in [0, 0.1) is 5.92 Å². The molecule has 0 saturated carbocycles. The number of rotatable bonds is 6. The SMILES string of the molecule is CN(C)c1cccc(CNC(=O)[C@H]2CC(=O)N(Cc3ccco3)C2)c1. The molecule has 1 aliphatic rings. The highest BCUT2D eigenvalue weighted by Crippen LogP contribution is 2.21. The highest BCUT2D eigenvalue weighted by Gasteiger charge is 2.34. The number of furan rings is 1. The molecule has 2 aromatic rings. The zero-order valence-corrected chi connectivity index (χ0v) is 14.6. The van der Waals surface area contributed by atoms with E-state index in [0.717, 1.165) is 17.0 Å². The van der Waals surface area contributed by atoms with Crippen molar-refractivity contribution in [2.45, 2.75) is 19.5 Å². The summed E-state index contributed by atoms with van der Waals surface area (Å²) in [5.74, 6) is 0.339. The Hall–Kier alpha value is -2.76. The largest absolute Gasteiger partial charge is 0.467 e. The Labute approximate surface area is 147 Å². The van der Waals surface area contributed by atoms with Gasteiger partial charge in [0, 0.05) is 39.3 Å². The molecule has 6 heteroatoms. The van der Waals surface area contributed by atoms with Crippen LogP contribution in [0.2, 0.25) is 0 Å². The number of amides is 2. The molecule has 3 rings (SSSR count). The van der Waals surface area contributed by atoms with Crippen molar-refractivity contribution in [2.75, 3.05) is 25.5 Å². The summed E-state index contributed by atoms with van der Waals surface area (Å²) in [6.45, 7) is 1.31. The van der Waals surface area contributed by atoms with Crippen LogP contribution in [0.4, 0.5) is 5.69 Å². The first-order valence-corrected chi connectivity index (χ1v) is 8.37. The van der Waals surface area contributed by atoms with Crippen LogP contribution in [0.1, 0.15) is 17.7 Å². The fraction of sp³-hybridized carbons (Fsp3) is 0.368. The van der Waals surface area contributed by atoms with E-state index in [1.807, 2.05) is 49.3 Å². The van der Waals surface area contributed by atoms with E-state index < -0.39 is 0 Å². The van der Waals surface area contributed by atoms with Gasteiger partial charge in [-0.15, -0.1) is 0 Å². The predicted octanol–water partition coefficient (Wildman–Crippen LogP) is 2.01. The molecule has 1 atom stereocenters. The van der Waals surface area contributed by atoms with Crippen LogP contribution in [0.15, 0.2) is 47.1 Å². The van der Waals surface area contributed by atoms with E-state index in [1.54, 1.807) is 17.2 Å². The molecule has 2 heterocycles. The van der Waals surface area contributed by atoms with Crippen LogP contribution in [-0.4, -0.2) is 37.4 Å². The number of carbonyl (C=O) groups is 2. The summed E-state index contributed by atoms with van der Waals surface area (Å²) in [5, 5.41) is 2.95. The summed E-state index contributed by atoms with van der Waals surface area (Å²) < 4.78 is 5.28. The van der Waals surface area contributed by atoms with Gasteiger partial charge < -0.3 is 19.5 Å². The Morgan fingerprint density at radius 2 is 2.16 bits per heavy atom. The molecule has 25 heavy (non-hydrogen) atoms. The minimum absolute atomic E-state index is 0.00819. The second-order valence-corrected chi connectivity index (χ2v) is 6.54. The minimum atomic E-state index is -0.306. The first-order valence-electron chi connectivity index (χ1n) is 8.37. The van der Waals surface area contributed by atoms with Crippen LogP contribution in [0.25, 0.3) is 0 Å². The van der Waals surface area contributed by atoms with E-state index >= 15 is 0 Å². The maximum atomic E-state index is 12.4. The summed E-state index contributed by atoms with van der Waals surface area (Å²) in [5.41, 5.74) is 2.13. The van der Waals surface area contributed by atoms with E-state index in [1.165, 1.54) is 0 Å². The Balaban J connectivity index is 1.53. The predicted molar refractivity (Wildman–Crippen MR) is 94.8 cm³/mol. The van der Waals surface area contributed by atoms with Crippen molar-refractivity contribution in [2.24, 2.45) is 5.92 Å². The van der Waals surface area contributed by atoms with Gasteiger partial charge in [0.05, 0.1) is 18.7 Å². The van der Waals surface area contributed by atoms with E-state index in [0.29, 0.717) is 19.6 Å². The fourth-order valence-corrected chi connectivity index (χ4v) is 2.97. The normalized spacial score (nSPS) is 17.0. The van der Waals surface area contributed by atoms with Crippen molar-refractivity contribution in [3.8, 4) is 0 Å². The second-order valence-electron chi connectivity index (χ2n) is 6.54. The quantitative estimate of drug-likeness (QED) is 0.873. The smallest absolute Gasteiger partial charge is 0.225 e. The maximum absolute atomic E-state index is 12.4. The highest BCUT2D eigenvalue weighted by atomic mass is 16.3. The number of hydrogen-bond acceptors (Lipinski definition) is 4. The van der Waals surface area contributed by atoms with E-state index in [4.69, 9.17) is 4.42 Å². The molecular weight excluding hydrogens is 318 g/mol. The Morgan fingerprint density at radius 3 is 2.88 bits per heavy atom. The molecule has 0 bridgehead atoms. The van der Waals surface area contributed by atoms with Crippen LogP contribution < -0.4 is 10.2 Å². The number of benzene rings is 1. The van der Waals surface area contributed by atoms with Crippen LogP contribution >= 0.6 is 0 Å². The molecule has 0 unspecified atom stereocenters. The third-order valence-electron chi connectivity index (χ3n) is 4.41. The van der Waals surface area contributed by atoms with Gasteiger partial charge in [-0.2, -0.15) is 0 Å². The lowest BCUT2D eigenvalue weighted by atomic mass is 10.1. The van der Waals surface area contributed by atoms with Crippen LogP contribution in [-0.2, 0) is 22.7 Å². The number of hydrogen-bond donors (Lipinski definition) is 1. The number of nitrogens with one attached hydrogen (secondary N) is 1. The third-order valence-corrected chi connectivity index (χ3v) is 4.41. The highest BCUT2D eigenvalue weighted by molar-refractivity contribution is 5.89. The van der Waals surface area contributed by atoms with Gasteiger partial charge in [-0.05, 0) is 29.8 Å². The molecule has 1 fully saturated rings. The van der Waals surface area contributed by atoms with E-state index in [2.05, 4.69) is 5.32 Å². The monoisotopic (exact) mass is 341 g/mol. The molecule has 0 radical (unpaired) electrons. The Kier molecular flexibility index (Phi) is 5.07. The van der Waals surface area contributed by atoms with E-state index in [-0.39, 0.29) is 24.2 Å². The first-order chi connectivity index (χ1) is 12.0. The van der Waals surface area contributed by atoms with Gasteiger partial charge in [0.15, 0.2) is 0 Å². The standard InChI is InChI=1S/C19H23N3O3/c1-21(2)16-6-3-5-14(9-16)11-20-19(24)15-10-18(23)22(12-15)13-17-7-4-8-25-17/h3-9,15H,10-13H2,1-2H3,(H,20,24)/t15-/m0/s1. The minimum Gasteiger partial charge on any atom is -0.467 e. The lowest BCUT2D eigenvalue weighted by Crippen LogP contribution is -2.32. The van der Waals surface area contributed by atoms with Crippen LogP contribution in [0.5, 0.6) is 0 Å². The van der Waals surface area contributed by atoms with Gasteiger partial charge in [-0.1, -0.05) is 12.1 Å². The van der Waals surface area contributed by atoms with Gasteiger partial charge in [0.2, 0.25) is 11.8 Å². The van der Waals surface area contributed by atoms with Crippen molar-refractivity contribution in [1.82, 2.24) is 10.2 Å². The van der Waals surface area contributed by atoms with Gasteiger partial charge >= 0.3 is 0 Å². The maximum Gasteiger partial charge on any atom is 0.225 e. The van der Waals surface area contributed by atoms with Crippen molar-refractivity contribution in [1.29, 1.82) is 0 Å². The second kappa shape index (κ2) is 7.42. The number of likely N-dealkylation sites (tertiary alicyclic amines) is 1. The average molecular weight is 341 g/mol. The first kappa shape index (κ1) is 17.1. The molecule has 1 aromatic heterocycles. The summed E-state index contributed by atoms with van der Waals surface area (Å²) >= 11 is 0. The van der Waals surface area contributed by atoms with Gasteiger partial charge in [-0.3, -0.25) is 9.59 Å². The van der Waals surface area contributed by atoms with Crippen molar-refractivity contribution < 1.29 is 14.0 Å². The summed E-state index contributed by atoms with van der Waals surface area (Å²) in [7, 11) is 3.96. The fourth-order valence-electron chi connectivity index (χ4n) is 2.97. The average Bonchev–Trinajstić information content (AvgIpc) is 3.23. The van der Waals surface area contributed by atoms with Gasteiger partial charge in [0.25, 0.3) is 0 Å². The van der Waals surface area contributed by atoms with Crippen molar-refractivity contribution in [3.05, 3.63) is 54.0 Å². The summed E-state index contributed by atoms with van der Waals surface area (Å²) in [4.78, 5) is 28.2. The molecule has 1 aromatic carbocycles. The third kappa shape index (κ3) is 4.21. The zero-order chi connectivity index (χ0) is 17.8. The van der Waals surface area contributed by atoms with Crippen molar-refractivity contribution in [3.63, 3.8) is 0 Å². The summed E-state index contributed by atoms with van der Waals surface area (Å²) in [6.07, 6.45) is 1.84. The van der Waals surface area contributed by atoms with E-state index in [9.17, 15) is 9.59 Å². The molecule has 0 aliphatic carbocycles. The molecule has 1 saturated heterocycles. The summed E-state index contributed by atoms with van der Waals surface area (Å²) in [6, 6.07) is 11.6. The van der Waals surface area contributed by atoms with Gasteiger partial charge in [0.1, 0.15) is 5.76 Å². The number of carbonyl (C=O) groups excluding carboxylic acids is 2. The molecule has 132 valence electrons. The lowest BCUT2D eigenvalue weighted by Gasteiger charge is -2.16. The molecule has 2 amide bonds. The Morgan fingerprint density at radius 1 is 1.32 bits per heavy atom. The molecular formula is C19H23N3O3. The topological polar surface area (TPSA) is 65.8 Å². The lowest BCUT2D eigenvalue weighted by molar-refractivity contribution is -0.129. The molecule has 1 aliphatic heterocycles. The Bertz CT molecular complexity index is 740.